The molecule has 140 valence electrons. The third kappa shape index (κ3) is 4.73. The average molecular weight is 364 g/mol. The molecule has 0 bridgehead atoms. The molecule has 0 atom stereocenters. The van der Waals surface area contributed by atoms with Crippen LogP contribution in [0.15, 0.2) is 48.5 Å². The zero-order chi connectivity index (χ0) is 19.4. The van der Waals surface area contributed by atoms with Crippen LogP contribution in [0.2, 0.25) is 0 Å². The Hall–Kier alpha value is -3.15. The zero-order valence-corrected chi connectivity index (χ0v) is 16.1. The Bertz CT molecular complexity index is 912. The van der Waals surface area contributed by atoms with Crippen molar-refractivity contribution < 1.29 is 9.53 Å². The van der Waals surface area contributed by atoms with Gasteiger partial charge in [0.25, 0.3) is 0 Å². The number of hydrogen-bond acceptors (Lipinski definition) is 4. The summed E-state index contributed by atoms with van der Waals surface area (Å²) in [5, 5.41) is 7.30. The molecule has 0 unspecified atom stereocenters. The minimum absolute atomic E-state index is 0.103. The first kappa shape index (κ1) is 18.6. The Labute approximate surface area is 159 Å². The van der Waals surface area contributed by atoms with Gasteiger partial charge in [0.15, 0.2) is 5.82 Å². The number of hydrogen-bond donors (Lipinski definition) is 1. The van der Waals surface area contributed by atoms with Gasteiger partial charge in [-0.2, -0.15) is 4.98 Å². The highest BCUT2D eigenvalue weighted by molar-refractivity contribution is 5.88. The molecule has 0 spiro atoms. The van der Waals surface area contributed by atoms with Gasteiger partial charge in [-0.05, 0) is 37.1 Å². The minimum atomic E-state index is -0.103. The molecular weight excluding hydrogens is 340 g/mol. The maximum absolute atomic E-state index is 11.2. The predicted octanol–water partition coefficient (Wildman–Crippen LogP) is 4.24. The van der Waals surface area contributed by atoms with Crippen molar-refractivity contribution in [1.82, 2.24) is 14.8 Å². The van der Waals surface area contributed by atoms with E-state index in [0.29, 0.717) is 24.4 Å². The van der Waals surface area contributed by atoms with Crippen LogP contribution in [0.3, 0.4) is 0 Å². The summed E-state index contributed by atoms with van der Waals surface area (Å²) in [6.07, 6.45) is 0. The van der Waals surface area contributed by atoms with Crippen LogP contribution in [0.1, 0.15) is 26.3 Å². The molecule has 3 aromatic rings. The highest BCUT2D eigenvalue weighted by Crippen LogP contribution is 2.25. The van der Waals surface area contributed by atoms with E-state index in [-0.39, 0.29) is 5.91 Å². The second-order valence-electron chi connectivity index (χ2n) is 6.93. The van der Waals surface area contributed by atoms with E-state index < -0.39 is 0 Å². The van der Waals surface area contributed by atoms with Crippen molar-refractivity contribution in [2.45, 2.75) is 27.7 Å². The number of ether oxygens (including phenoxy) is 1. The first-order valence-electron chi connectivity index (χ1n) is 8.97. The van der Waals surface area contributed by atoms with Gasteiger partial charge in [-0.15, -0.1) is 5.10 Å². The third-order valence-electron chi connectivity index (χ3n) is 3.88. The first-order valence-corrected chi connectivity index (χ1v) is 8.97. The maximum atomic E-state index is 11.2. The van der Waals surface area contributed by atoms with Crippen LogP contribution in [-0.4, -0.2) is 27.3 Å². The van der Waals surface area contributed by atoms with Crippen molar-refractivity contribution in [3.05, 3.63) is 54.1 Å². The Kier molecular flexibility index (Phi) is 5.54. The number of carbonyl (C=O) groups is 1. The van der Waals surface area contributed by atoms with E-state index in [4.69, 9.17) is 4.74 Å². The number of nitrogens with zero attached hydrogens (tertiary/aromatic N) is 3. The van der Waals surface area contributed by atoms with E-state index in [2.05, 4.69) is 29.2 Å². The maximum Gasteiger partial charge on any atom is 0.336 e. The van der Waals surface area contributed by atoms with Gasteiger partial charge in [0, 0.05) is 18.2 Å². The molecule has 27 heavy (non-hydrogen) atoms. The van der Waals surface area contributed by atoms with E-state index in [9.17, 15) is 4.79 Å². The summed E-state index contributed by atoms with van der Waals surface area (Å²) in [7, 11) is 0. The van der Waals surface area contributed by atoms with Crippen LogP contribution in [0.25, 0.3) is 17.1 Å². The van der Waals surface area contributed by atoms with Crippen LogP contribution in [0, 0.1) is 12.8 Å². The molecule has 0 aliphatic heterocycles. The number of amides is 1. The fourth-order valence-corrected chi connectivity index (χ4v) is 2.55. The number of rotatable bonds is 6. The van der Waals surface area contributed by atoms with Crippen molar-refractivity contribution in [1.29, 1.82) is 0 Å². The van der Waals surface area contributed by atoms with Gasteiger partial charge in [0.1, 0.15) is 0 Å². The second-order valence-corrected chi connectivity index (χ2v) is 6.93. The average Bonchev–Trinajstić information content (AvgIpc) is 3.05. The molecule has 0 radical (unpaired) electrons. The summed E-state index contributed by atoms with van der Waals surface area (Å²) in [4.78, 5) is 15.8. The Balaban J connectivity index is 1.98. The summed E-state index contributed by atoms with van der Waals surface area (Å²) < 4.78 is 7.49. The lowest BCUT2D eigenvalue weighted by Crippen LogP contribution is -2.07. The smallest absolute Gasteiger partial charge is 0.336 e. The fraction of sp³-hybridized carbons (Fsp3) is 0.286. The molecule has 2 aromatic carbocycles. The van der Waals surface area contributed by atoms with E-state index in [0.717, 1.165) is 16.9 Å². The molecule has 0 saturated heterocycles. The molecule has 1 aromatic heterocycles. The predicted molar refractivity (Wildman–Crippen MR) is 106 cm³/mol. The lowest BCUT2D eigenvalue weighted by Gasteiger charge is -2.07. The number of anilines is 1. The molecule has 1 N–H and O–H groups in total. The Morgan fingerprint density at radius 2 is 1.78 bits per heavy atom. The first-order chi connectivity index (χ1) is 12.9. The van der Waals surface area contributed by atoms with Crippen molar-refractivity contribution in [3.8, 4) is 23.1 Å². The summed E-state index contributed by atoms with van der Waals surface area (Å²) in [6, 6.07) is 15.9. The standard InChI is InChI=1S/C21H24N4O2/c1-14(2)13-27-21-23-20(17-7-5-15(3)6-8-17)25(24-21)19-11-9-18(10-12-19)22-16(4)26/h5-12,14H,13H2,1-4H3,(H,22,26). The highest BCUT2D eigenvalue weighted by Gasteiger charge is 2.15. The van der Waals surface area contributed by atoms with Gasteiger partial charge in [-0.3, -0.25) is 4.79 Å². The van der Waals surface area contributed by atoms with Gasteiger partial charge in [0.2, 0.25) is 5.91 Å². The molecule has 6 nitrogen and oxygen atoms in total. The Morgan fingerprint density at radius 1 is 1.11 bits per heavy atom. The van der Waals surface area contributed by atoms with Gasteiger partial charge < -0.3 is 10.1 Å². The molecular formula is C21H24N4O2. The lowest BCUT2D eigenvalue weighted by atomic mass is 10.1. The molecule has 1 heterocycles. The topological polar surface area (TPSA) is 69.0 Å². The quantitative estimate of drug-likeness (QED) is 0.710. The molecule has 3 rings (SSSR count). The van der Waals surface area contributed by atoms with E-state index in [1.54, 1.807) is 4.68 Å². The van der Waals surface area contributed by atoms with Crippen molar-refractivity contribution in [2.24, 2.45) is 5.92 Å². The van der Waals surface area contributed by atoms with Crippen molar-refractivity contribution in [3.63, 3.8) is 0 Å². The summed E-state index contributed by atoms with van der Waals surface area (Å²) in [5.74, 6) is 0.992. The summed E-state index contributed by atoms with van der Waals surface area (Å²) >= 11 is 0. The normalized spacial score (nSPS) is 10.9. The van der Waals surface area contributed by atoms with E-state index in [1.165, 1.54) is 12.5 Å². The van der Waals surface area contributed by atoms with Crippen LogP contribution in [-0.2, 0) is 4.79 Å². The molecule has 0 saturated carbocycles. The Morgan fingerprint density at radius 3 is 2.37 bits per heavy atom. The summed E-state index contributed by atoms with van der Waals surface area (Å²) in [6.45, 7) is 8.25. The molecule has 0 fully saturated rings. The van der Waals surface area contributed by atoms with E-state index in [1.807, 2.05) is 55.5 Å². The van der Waals surface area contributed by atoms with Crippen LogP contribution >= 0.6 is 0 Å². The zero-order valence-electron chi connectivity index (χ0n) is 16.1. The molecule has 0 aliphatic carbocycles. The fourth-order valence-electron chi connectivity index (χ4n) is 2.55. The van der Waals surface area contributed by atoms with Gasteiger partial charge in [0.05, 0.1) is 12.3 Å². The largest absolute Gasteiger partial charge is 0.462 e. The third-order valence-corrected chi connectivity index (χ3v) is 3.88. The summed E-state index contributed by atoms with van der Waals surface area (Å²) in [5.41, 5.74) is 3.71. The number of aryl methyl sites for hydroxylation is 1. The number of aromatic nitrogens is 3. The highest BCUT2D eigenvalue weighted by atomic mass is 16.5. The number of nitrogens with one attached hydrogen (secondary N) is 1. The van der Waals surface area contributed by atoms with Crippen LogP contribution in [0.5, 0.6) is 6.01 Å². The van der Waals surface area contributed by atoms with Crippen molar-refractivity contribution >= 4 is 11.6 Å². The van der Waals surface area contributed by atoms with Gasteiger partial charge in [-0.1, -0.05) is 43.7 Å². The number of benzene rings is 2. The SMILES string of the molecule is CC(=O)Nc1ccc(-n2nc(OCC(C)C)nc2-c2ccc(C)cc2)cc1. The van der Waals surface area contributed by atoms with Gasteiger partial charge >= 0.3 is 6.01 Å². The molecule has 1 amide bonds. The monoisotopic (exact) mass is 364 g/mol. The van der Waals surface area contributed by atoms with E-state index >= 15 is 0 Å². The molecule has 0 aliphatic rings. The number of carbonyl (C=O) groups excluding carboxylic acids is 1. The van der Waals surface area contributed by atoms with Crippen LogP contribution in [0.4, 0.5) is 5.69 Å². The lowest BCUT2D eigenvalue weighted by molar-refractivity contribution is -0.114. The second kappa shape index (κ2) is 8.03. The molecule has 6 heteroatoms. The van der Waals surface area contributed by atoms with Crippen LogP contribution < -0.4 is 10.1 Å². The van der Waals surface area contributed by atoms with Gasteiger partial charge in [-0.25, -0.2) is 4.68 Å². The van der Waals surface area contributed by atoms with Crippen molar-refractivity contribution in [2.75, 3.05) is 11.9 Å². The minimum Gasteiger partial charge on any atom is -0.462 e.